The molecule has 2 heterocycles. The molecule has 3 rings (SSSR count). The fourth-order valence-electron chi connectivity index (χ4n) is 4.66. The van der Waals surface area contributed by atoms with Gasteiger partial charge in [-0.2, -0.15) is 4.86 Å². The summed E-state index contributed by atoms with van der Waals surface area (Å²) in [5.41, 5.74) is 0.687. The van der Waals surface area contributed by atoms with E-state index in [-0.39, 0.29) is 48.5 Å². The van der Waals surface area contributed by atoms with Crippen LogP contribution < -0.4 is 0 Å². The van der Waals surface area contributed by atoms with E-state index in [1.807, 2.05) is 27.7 Å². The smallest absolute Gasteiger partial charge is 0.156 e. The van der Waals surface area contributed by atoms with Gasteiger partial charge in [0.25, 0.3) is 0 Å². The minimum atomic E-state index is -1.52. The van der Waals surface area contributed by atoms with E-state index in [0.717, 1.165) is 12.8 Å². The summed E-state index contributed by atoms with van der Waals surface area (Å²) in [6.45, 7) is 8.00. The molecule has 2 aliphatic rings. The Bertz CT molecular complexity index is 1320. The van der Waals surface area contributed by atoms with Gasteiger partial charge in [0.2, 0.25) is 0 Å². The van der Waals surface area contributed by atoms with Crippen LogP contribution in [-0.2, 0) is 38.8 Å². The first kappa shape index (κ1) is 30.5. The lowest BCUT2D eigenvalue weighted by Gasteiger charge is -2.30. The summed E-state index contributed by atoms with van der Waals surface area (Å²) < 4.78 is 27.2. The fourth-order valence-corrected chi connectivity index (χ4v) is 7.72. The molecule has 0 atom stereocenters. The molecule has 2 aliphatic heterocycles. The molecule has 1 aromatic carbocycles. The van der Waals surface area contributed by atoms with Crippen molar-refractivity contribution in [3.8, 4) is 0 Å². The number of allylic oxidation sites excluding steroid dienone is 3. The summed E-state index contributed by atoms with van der Waals surface area (Å²) in [6.07, 6.45) is 6.97. The molecule has 38 heavy (non-hydrogen) atoms. The molecule has 1 aromatic rings. The predicted octanol–water partition coefficient (Wildman–Crippen LogP) is 4.86. The van der Waals surface area contributed by atoms with Crippen molar-refractivity contribution in [2.24, 2.45) is 10.8 Å². The van der Waals surface area contributed by atoms with Crippen molar-refractivity contribution >= 4 is 47.0 Å². The Hall–Kier alpha value is -2.00. The summed E-state index contributed by atoms with van der Waals surface area (Å²) >= 11 is 0. The van der Waals surface area contributed by atoms with Gasteiger partial charge in [-0.15, -0.1) is 14.7 Å². The van der Waals surface area contributed by atoms with Crippen LogP contribution in [0.25, 0.3) is 4.91 Å². The SMILES string of the molecule is CC(C)(CO)CCCC1=CC(=O)CC(c2ccccc2C2=CC(=O)CC(CCCC(C)(C)CO)=[S-]2=O)=[S-]1=O. The van der Waals surface area contributed by atoms with Crippen molar-refractivity contribution in [2.45, 2.75) is 79.1 Å². The molecule has 2 N–H and O–H groups in total. The second-order valence-corrected chi connectivity index (χ2v) is 14.9. The zero-order valence-electron chi connectivity index (χ0n) is 22.9. The van der Waals surface area contributed by atoms with Gasteiger partial charge >= 0.3 is 0 Å². The molecule has 0 aromatic heterocycles. The number of hydrogen-bond acceptors (Lipinski definition) is 8. The van der Waals surface area contributed by atoms with Gasteiger partial charge in [-0.05, 0) is 53.4 Å². The van der Waals surface area contributed by atoms with E-state index in [4.69, 9.17) is 0 Å². The molecule has 0 saturated carbocycles. The minimum Gasteiger partial charge on any atom is -0.457 e. The Balaban J connectivity index is 1.94. The number of carbonyl (C=O) groups is 2. The van der Waals surface area contributed by atoms with Gasteiger partial charge in [0, 0.05) is 26.1 Å². The number of benzene rings is 1. The molecule has 0 aliphatic carbocycles. The van der Waals surface area contributed by atoms with E-state index >= 15 is 0 Å². The summed E-state index contributed by atoms with van der Waals surface area (Å²) in [6, 6.07) is 7.15. The number of rotatable bonds is 12. The molecule has 0 amide bonds. The second kappa shape index (κ2) is 12.9. The lowest BCUT2D eigenvalue weighted by atomic mass is 9.88. The van der Waals surface area contributed by atoms with Crippen LogP contribution in [0.5, 0.6) is 0 Å². The molecule has 0 bridgehead atoms. The van der Waals surface area contributed by atoms with Crippen molar-refractivity contribution < 1.29 is 28.2 Å². The topological polar surface area (TPSA) is 109 Å². The molecule has 0 radical (unpaired) electrons. The Kier molecular flexibility index (Phi) is 10.4. The number of hydrogen-bond donors (Lipinski definition) is 2. The first-order valence-corrected chi connectivity index (χ1v) is 15.5. The van der Waals surface area contributed by atoms with Crippen LogP contribution in [0.1, 0.15) is 90.2 Å². The van der Waals surface area contributed by atoms with E-state index in [1.54, 1.807) is 24.3 Å². The van der Waals surface area contributed by atoms with Crippen molar-refractivity contribution in [2.75, 3.05) is 13.2 Å². The van der Waals surface area contributed by atoms with Gasteiger partial charge in [-0.1, -0.05) is 71.2 Å². The maximum Gasteiger partial charge on any atom is 0.156 e. The molecule has 0 spiro atoms. The maximum absolute atomic E-state index is 13.6. The van der Waals surface area contributed by atoms with Crippen molar-refractivity contribution in [3.05, 3.63) is 52.4 Å². The van der Waals surface area contributed by atoms with Crippen molar-refractivity contribution in [3.63, 3.8) is 0 Å². The van der Waals surface area contributed by atoms with E-state index in [9.17, 15) is 28.2 Å². The zero-order chi connectivity index (χ0) is 28.1. The second-order valence-electron chi connectivity index (χ2n) is 11.8. The molecular formula is C30H40O6S2-2. The Morgan fingerprint density at radius 3 is 1.92 bits per heavy atom. The molecule has 210 valence electrons. The highest BCUT2D eigenvalue weighted by Crippen LogP contribution is 2.30. The van der Waals surface area contributed by atoms with Gasteiger partial charge in [0.15, 0.2) is 11.6 Å². The van der Waals surface area contributed by atoms with Gasteiger partial charge in [0.1, 0.15) is 0 Å². The summed E-state index contributed by atoms with van der Waals surface area (Å²) in [5, 5.41) is 19.1. The highest BCUT2D eigenvalue weighted by Gasteiger charge is 2.19. The number of aliphatic hydroxyl groups is 2. The number of ketones is 2. The molecule has 6 nitrogen and oxygen atoms in total. The lowest BCUT2D eigenvalue weighted by Crippen LogP contribution is -2.21. The first-order valence-electron chi connectivity index (χ1n) is 13.2. The quantitative estimate of drug-likeness (QED) is 0.279. The zero-order valence-corrected chi connectivity index (χ0v) is 24.5. The highest BCUT2D eigenvalue weighted by atomic mass is 32.2. The summed E-state index contributed by atoms with van der Waals surface area (Å²) in [7, 11) is -3.04. The van der Waals surface area contributed by atoms with E-state index in [1.165, 1.54) is 12.2 Å². The lowest BCUT2D eigenvalue weighted by molar-refractivity contribution is -0.114. The monoisotopic (exact) mass is 560 g/mol. The Morgan fingerprint density at radius 2 is 1.32 bits per heavy atom. The van der Waals surface area contributed by atoms with Gasteiger partial charge in [-0.25, -0.2) is 20.8 Å². The van der Waals surface area contributed by atoms with Crippen LogP contribution in [0, 0.1) is 10.8 Å². The molecule has 0 fully saturated rings. The Labute approximate surface area is 230 Å². The minimum absolute atomic E-state index is 0.00985. The normalized spacial score (nSPS) is 18.2. The van der Waals surface area contributed by atoms with Crippen LogP contribution in [0.2, 0.25) is 0 Å². The van der Waals surface area contributed by atoms with Crippen LogP contribution >= 0.6 is 0 Å². The van der Waals surface area contributed by atoms with E-state index in [2.05, 4.69) is 0 Å². The average Bonchev–Trinajstić information content (AvgIpc) is 2.87. The molecule has 0 saturated heterocycles. The van der Waals surface area contributed by atoms with Crippen molar-refractivity contribution in [1.82, 2.24) is 0 Å². The summed E-state index contributed by atoms with van der Waals surface area (Å²) in [4.78, 5) is 27.5. The van der Waals surface area contributed by atoms with E-state index < -0.39 is 20.8 Å². The third-order valence-corrected chi connectivity index (χ3v) is 10.4. The third kappa shape index (κ3) is 7.78. The highest BCUT2D eigenvalue weighted by molar-refractivity contribution is 7.94. The van der Waals surface area contributed by atoms with Gasteiger partial charge < -0.3 is 18.6 Å². The predicted molar refractivity (Wildman–Crippen MR) is 156 cm³/mol. The van der Waals surface area contributed by atoms with Gasteiger partial charge in [0.05, 0.1) is 0 Å². The van der Waals surface area contributed by atoms with Crippen LogP contribution in [0.15, 0.2) is 41.3 Å². The summed E-state index contributed by atoms with van der Waals surface area (Å²) in [5.74, 6) is -0.247. The van der Waals surface area contributed by atoms with Crippen LogP contribution in [-0.4, -0.2) is 44.7 Å². The molecule has 8 heteroatoms. The molecular weight excluding hydrogens is 520 g/mol. The van der Waals surface area contributed by atoms with Crippen molar-refractivity contribution in [1.29, 1.82) is 0 Å². The third-order valence-electron chi connectivity index (χ3n) is 7.18. The number of aliphatic hydroxyl groups excluding tert-OH is 2. The standard InChI is InChI=1S/C30H40O6S2/c1-29(2,19-31)13-7-9-23-15-21(33)17-27(37(23)35)25-11-5-6-12-26(25)28-18-22(34)16-24(38(28)36)10-8-14-30(3,4)20-32/h5-6,11-12,15,18,31-32H,7-10,13-14,16-17,19-20H2,1-4H3/q-2. The fraction of sp³-hybridized carbons (Fsp3) is 0.533. The molecule has 0 unspecified atom stereocenters. The Morgan fingerprint density at radius 1 is 0.763 bits per heavy atom. The average molecular weight is 561 g/mol. The largest absolute Gasteiger partial charge is 0.457 e. The van der Waals surface area contributed by atoms with Crippen LogP contribution in [0.3, 0.4) is 0 Å². The van der Waals surface area contributed by atoms with Gasteiger partial charge in [-0.3, -0.25) is 9.59 Å². The van der Waals surface area contributed by atoms with E-state index in [0.29, 0.717) is 56.3 Å². The maximum atomic E-state index is 13.6. The first-order chi connectivity index (χ1) is 17.9. The van der Waals surface area contributed by atoms with Crippen LogP contribution in [0.4, 0.5) is 0 Å². The number of carbonyl (C=O) groups excluding carboxylic acids is 2.